The van der Waals surface area contributed by atoms with E-state index in [1.165, 1.54) is 12.2 Å². The van der Waals surface area contributed by atoms with E-state index < -0.39 is 12.6 Å². The first-order chi connectivity index (χ1) is 16.3. The highest BCUT2D eigenvalue weighted by Crippen LogP contribution is 2.35. The third-order valence-electron chi connectivity index (χ3n) is 4.94. The Bertz CT molecular complexity index is 1130. The van der Waals surface area contributed by atoms with Gasteiger partial charge in [0.2, 0.25) is 12.6 Å². The quantitative estimate of drug-likeness (QED) is 0.184. The van der Waals surface area contributed by atoms with Crippen LogP contribution in [-0.2, 0) is 4.79 Å². The summed E-state index contributed by atoms with van der Waals surface area (Å²) >= 11 is 0. The van der Waals surface area contributed by atoms with Crippen LogP contribution in [0.3, 0.4) is 0 Å². The van der Waals surface area contributed by atoms with Crippen LogP contribution in [0.4, 0.5) is 0 Å². The molecule has 0 aliphatic heterocycles. The second-order valence-electron chi connectivity index (χ2n) is 7.83. The summed E-state index contributed by atoms with van der Waals surface area (Å²) in [5.41, 5.74) is 3.73. The van der Waals surface area contributed by atoms with Crippen molar-refractivity contribution >= 4 is 5.97 Å². The maximum absolute atomic E-state index is 11.8. The van der Waals surface area contributed by atoms with Gasteiger partial charge in [-0.05, 0) is 58.7 Å². The number of aliphatic hydroxyl groups excluding tert-OH is 2. The largest absolute Gasteiger partial charge is 0.458 e. The van der Waals surface area contributed by atoms with Crippen molar-refractivity contribution in [2.45, 2.75) is 26.4 Å². The number of esters is 1. The van der Waals surface area contributed by atoms with E-state index in [2.05, 4.69) is 13.2 Å². The van der Waals surface area contributed by atoms with Crippen molar-refractivity contribution in [2.24, 2.45) is 5.92 Å². The van der Waals surface area contributed by atoms with Crippen LogP contribution in [0.5, 0.6) is 17.2 Å². The third kappa shape index (κ3) is 6.34. The minimum absolute atomic E-state index is 0.189. The molecule has 2 atom stereocenters. The van der Waals surface area contributed by atoms with Gasteiger partial charge in [-0.15, -0.1) is 0 Å². The molecule has 0 aromatic heterocycles. The molecule has 2 N–H and O–H groups in total. The summed E-state index contributed by atoms with van der Waals surface area (Å²) in [7, 11) is 0. The molecule has 6 heteroatoms. The number of aliphatic hydroxyl groups is 2. The predicted octanol–water partition coefficient (Wildman–Crippen LogP) is 5.35. The molecule has 0 aliphatic rings. The number of hydrogen-bond acceptors (Lipinski definition) is 6. The van der Waals surface area contributed by atoms with Gasteiger partial charge in [-0.1, -0.05) is 69.5 Å². The molecule has 6 nitrogen and oxygen atoms in total. The Morgan fingerprint density at radius 2 is 1.18 bits per heavy atom. The lowest BCUT2D eigenvalue weighted by Crippen LogP contribution is -2.15. The lowest BCUT2D eigenvalue weighted by molar-refractivity contribution is -0.137. The van der Waals surface area contributed by atoms with Gasteiger partial charge in [-0.2, -0.15) is 0 Å². The SMILES string of the molecule is C=CC(O)Oc1ccc(-c2ccc(-c3ccc(OC(=O)C(C)C)cc3)cc2)cc1OC(O)C=C. The van der Waals surface area contributed by atoms with Crippen LogP contribution in [-0.4, -0.2) is 28.8 Å². The van der Waals surface area contributed by atoms with E-state index in [1.54, 1.807) is 38.1 Å². The number of ether oxygens (including phenoxy) is 3. The normalized spacial score (nSPS) is 12.5. The summed E-state index contributed by atoms with van der Waals surface area (Å²) in [5.74, 6) is 0.563. The fourth-order valence-electron chi connectivity index (χ4n) is 3.04. The summed E-state index contributed by atoms with van der Waals surface area (Å²) < 4.78 is 16.2. The average Bonchev–Trinajstić information content (AvgIpc) is 2.85. The zero-order chi connectivity index (χ0) is 24.7. The molecule has 0 aliphatic carbocycles. The van der Waals surface area contributed by atoms with Crippen LogP contribution >= 0.6 is 0 Å². The van der Waals surface area contributed by atoms with Crippen molar-refractivity contribution in [3.8, 4) is 39.5 Å². The highest BCUT2D eigenvalue weighted by molar-refractivity contribution is 5.75. The van der Waals surface area contributed by atoms with E-state index in [0.29, 0.717) is 5.75 Å². The number of carbonyl (C=O) groups excluding carboxylic acids is 1. The molecular weight excluding hydrogens is 432 g/mol. The van der Waals surface area contributed by atoms with Crippen molar-refractivity contribution in [2.75, 3.05) is 0 Å². The fourth-order valence-corrected chi connectivity index (χ4v) is 3.04. The Morgan fingerprint density at radius 1 is 0.735 bits per heavy atom. The zero-order valence-electron chi connectivity index (χ0n) is 19.2. The molecular formula is C28H28O6. The van der Waals surface area contributed by atoms with Crippen LogP contribution < -0.4 is 14.2 Å². The first-order valence-electron chi connectivity index (χ1n) is 10.8. The van der Waals surface area contributed by atoms with E-state index in [9.17, 15) is 15.0 Å². The molecule has 34 heavy (non-hydrogen) atoms. The molecule has 176 valence electrons. The minimum Gasteiger partial charge on any atom is -0.458 e. The summed E-state index contributed by atoms with van der Waals surface area (Å²) in [6.45, 7) is 10.6. The Morgan fingerprint density at radius 3 is 1.68 bits per heavy atom. The number of carbonyl (C=O) groups is 1. The Balaban J connectivity index is 1.81. The van der Waals surface area contributed by atoms with E-state index in [1.807, 2.05) is 42.5 Å². The Labute approximate surface area is 199 Å². The Hall–Kier alpha value is -3.87. The van der Waals surface area contributed by atoms with E-state index in [0.717, 1.165) is 22.3 Å². The molecule has 0 amide bonds. The monoisotopic (exact) mass is 460 g/mol. The molecule has 3 aromatic carbocycles. The maximum atomic E-state index is 11.8. The van der Waals surface area contributed by atoms with E-state index in [-0.39, 0.29) is 23.4 Å². The average molecular weight is 461 g/mol. The van der Waals surface area contributed by atoms with Gasteiger partial charge in [0.1, 0.15) is 5.75 Å². The molecule has 0 radical (unpaired) electrons. The lowest BCUT2D eigenvalue weighted by Gasteiger charge is -2.17. The van der Waals surface area contributed by atoms with Gasteiger partial charge in [-0.3, -0.25) is 4.79 Å². The summed E-state index contributed by atoms with van der Waals surface area (Å²) in [5, 5.41) is 19.6. The molecule has 0 heterocycles. The van der Waals surface area contributed by atoms with Gasteiger partial charge in [-0.25, -0.2) is 0 Å². The molecule has 0 fully saturated rings. The Kier molecular flexibility index (Phi) is 8.24. The molecule has 0 bridgehead atoms. The lowest BCUT2D eigenvalue weighted by atomic mass is 10.00. The minimum atomic E-state index is -1.23. The second kappa shape index (κ2) is 11.3. The zero-order valence-corrected chi connectivity index (χ0v) is 19.2. The summed E-state index contributed by atoms with van der Waals surface area (Å²) in [6.07, 6.45) is 0.0306. The van der Waals surface area contributed by atoms with Gasteiger partial charge >= 0.3 is 5.97 Å². The van der Waals surface area contributed by atoms with Crippen LogP contribution in [0.15, 0.2) is 92.0 Å². The molecule has 2 unspecified atom stereocenters. The van der Waals surface area contributed by atoms with Gasteiger partial charge in [0.05, 0.1) is 5.92 Å². The van der Waals surface area contributed by atoms with Crippen molar-refractivity contribution in [1.29, 1.82) is 0 Å². The standard InChI is InChI=1S/C28H28O6/c1-5-26(29)33-24-16-13-22(17-25(24)34-27(30)6-2)21-9-7-19(8-10-21)20-11-14-23(15-12-20)32-28(31)18(3)4/h5-18,26-27,29-30H,1-2H2,3-4H3. The van der Waals surface area contributed by atoms with Crippen molar-refractivity contribution < 1.29 is 29.2 Å². The van der Waals surface area contributed by atoms with Crippen LogP contribution in [0.2, 0.25) is 0 Å². The molecule has 0 spiro atoms. The smallest absolute Gasteiger partial charge is 0.313 e. The molecule has 0 saturated carbocycles. The van der Waals surface area contributed by atoms with Crippen LogP contribution in [0.25, 0.3) is 22.3 Å². The summed E-state index contributed by atoms with van der Waals surface area (Å²) in [4.78, 5) is 11.8. The summed E-state index contributed by atoms with van der Waals surface area (Å²) in [6, 6.07) is 20.4. The fraction of sp³-hybridized carbons (Fsp3) is 0.179. The topological polar surface area (TPSA) is 85.2 Å². The van der Waals surface area contributed by atoms with Gasteiger partial charge in [0, 0.05) is 0 Å². The molecule has 3 rings (SSSR count). The van der Waals surface area contributed by atoms with Crippen molar-refractivity contribution in [1.82, 2.24) is 0 Å². The first kappa shape index (κ1) is 24.8. The van der Waals surface area contributed by atoms with Gasteiger partial charge < -0.3 is 24.4 Å². The number of hydrogen-bond donors (Lipinski definition) is 2. The maximum Gasteiger partial charge on any atom is 0.313 e. The number of rotatable bonds is 10. The van der Waals surface area contributed by atoms with E-state index in [4.69, 9.17) is 14.2 Å². The second-order valence-corrected chi connectivity index (χ2v) is 7.83. The molecule has 3 aromatic rings. The van der Waals surface area contributed by atoms with Gasteiger partial charge in [0.15, 0.2) is 11.5 Å². The van der Waals surface area contributed by atoms with Crippen LogP contribution in [0, 0.1) is 5.92 Å². The van der Waals surface area contributed by atoms with Gasteiger partial charge in [0.25, 0.3) is 0 Å². The van der Waals surface area contributed by atoms with Crippen molar-refractivity contribution in [3.05, 3.63) is 92.0 Å². The molecule has 0 saturated heterocycles. The third-order valence-corrected chi connectivity index (χ3v) is 4.94. The van der Waals surface area contributed by atoms with E-state index >= 15 is 0 Å². The highest BCUT2D eigenvalue weighted by atomic mass is 16.6. The highest BCUT2D eigenvalue weighted by Gasteiger charge is 2.14. The first-order valence-corrected chi connectivity index (χ1v) is 10.8. The van der Waals surface area contributed by atoms with Crippen LogP contribution in [0.1, 0.15) is 13.8 Å². The van der Waals surface area contributed by atoms with Crippen molar-refractivity contribution in [3.63, 3.8) is 0 Å². The predicted molar refractivity (Wildman–Crippen MR) is 131 cm³/mol. The number of benzene rings is 3.